The molecule has 2 fully saturated rings. The van der Waals surface area contributed by atoms with Crippen molar-refractivity contribution in [2.45, 2.75) is 25.4 Å². The Balaban J connectivity index is 1.49. The van der Waals surface area contributed by atoms with Gasteiger partial charge in [-0.15, -0.1) is 0 Å². The van der Waals surface area contributed by atoms with Gasteiger partial charge in [0.1, 0.15) is 11.5 Å². The molecule has 0 spiro atoms. The maximum atomic E-state index is 12.6. The van der Waals surface area contributed by atoms with Gasteiger partial charge in [0.15, 0.2) is 0 Å². The van der Waals surface area contributed by atoms with Crippen LogP contribution in [-0.2, 0) is 13.6 Å². The SMILES string of the molecule is COc1cc(-c2cn(C)c(=O)c3cnccc23)cc(OC)c1CN(C)C1CC2CN(C)CC2C1. The van der Waals surface area contributed by atoms with E-state index in [-0.39, 0.29) is 5.56 Å². The molecule has 1 aliphatic heterocycles. The maximum absolute atomic E-state index is 12.6. The summed E-state index contributed by atoms with van der Waals surface area (Å²) in [6.07, 6.45) is 7.74. The summed E-state index contributed by atoms with van der Waals surface area (Å²) in [6.45, 7) is 3.21. The minimum atomic E-state index is -0.0588. The first-order chi connectivity index (χ1) is 16.4. The minimum Gasteiger partial charge on any atom is -0.496 e. The third-order valence-electron chi connectivity index (χ3n) is 7.84. The summed E-state index contributed by atoms with van der Waals surface area (Å²) in [5.41, 5.74) is 2.90. The van der Waals surface area contributed by atoms with Gasteiger partial charge in [-0.2, -0.15) is 0 Å². The third kappa shape index (κ3) is 3.97. The second kappa shape index (κ2) is 9.04. The fourth-order valence-corrected chi connectivity index (χ4v) is 6.08. The van der Waals surface area contributed by atoms with Crippen LogP contribution < -0.4 is 15.0 Å². The highest BCUT2D eigenvalue weighted by Crippen LogP contribution is 2.42. The van der Waals surface area contributed by atoms with Crippen LogP contribution in [0.3, 0.4) is 0 Å². The van der Waals surface area contributed by atoms with E-state index in [1.54, 1.807) is 38.2 Å². The van der Waals surface area contributed by atoms with Crippen molar-refractivity contribution < 1.29 is 9.47 Å². The van der Waals surface area contributed by atoms with Crippen LogP contribution in [-0.4, -0.2) is 66.8 Å². The Morgan fingerprint density at radius 3 is 2.32 bits per heavy atom. The fraction of sp³-hybridized carbons (Fsp3) is 0.481. The van der Waals surface area contributed by atoms with Gasteiger partial charge in [-0.3, -0.25) is 14.7 Å². The van der Waals surface area contributed by atoms with Crippen molar-refractivity contribution in [3.05, 3.63) is 52.7 Å². The van der Waals surface area contributed by atoms with E-state index < -0.39 is 0 Å². The van der Waals surface area contributed by atoms with Gasteiger partial charge >= 0.3 is 0 Å². The Hall–Kier alpha value is -2.90. The quantitative estimate of drug-likeness (QED) is 0.560. The lowest BCUT2D eigenvalue weighted by Gasteiger charge is -2.27. The van der Waals surface area contributed by atoms with Crippen LogP contribution >= 0.6 is 0 Å². The Labute approximate surface area is 200 Å². The van der Waals surface area contributed by atoms with Crippen LogP contribution in [0, 0.1) is 11.8 Å². The van der Waals surface area contributed by atoms with E-state index in [2.05, 4.69) is 41.0 Å². The average molecular weight is 463 g/mol. The number of rotatable bonds is 6. The average Bonchev–Trinajstić information content (AvgIpc) is 3.39. The fourth-order valence-electron chi connectivity index (χ4n) is 6.08. The first kappa shape index (κ1) is 22.9. The van der Waals surface area contributed by atoms with Crippen LogP contribution in [0.1, 0.15) is 18.4 Å². The molecule has 2 unspecified atom stereocenters. The molecule has 3 aromatic rings. The molecule has 2 atom stereocenters. The third-order valence-corrected chi connectivity index (χ3v) is 7.84. The van der Waals surface area contributed by atoms with Gasteiger partial charge in [0.05, 0.1) is 25.2 Å². The highest BCUT2D eigenvalue weighted by molar-refractivity contribution is 5.95. The van der Waals surface area contributed by atoms with E-state index in [4.69, 9.17) is 9.47 Å². The molecule has 0 bridgehead atoms. The standard InChI is InChI=1S/C27H34N4O3/c1-29-13-18-8-20(9-19(18)14-29)30(2)16-24-25(33-4)10-17(11-26(24)34-5)23-15-31(3)27(32)22-12-28-7-6-21(22)23/h6-7,10-12,15,18-20H,8-9,13-14,16H2,1-5H3. The zero-order chi connectivity index (χ0) is 24.0. The molecule has 1 saturated heterocycles. The van der Waals surface area contributed by atoms with E-state index in [0.29, 0.717) is 11.4 Å². The van der Waals surface area contributed by atoms with Crippen molar-refractivity contribution in [2.75, 3.05) is 41.4 Å². The summed E-state index contributed by atoms with van der Waals surface area (Å²) in [6, 6.07) is 6.59. The molecule has 2 aliphatic rings. The van der Waals surface area contributed by atoms with Gasteiger partial charge in [0, 0.05) is 56.9 Å². The topological polar surface area (TPSA) is 59.8 Å². The number of likely N-dealkylation sites (tertiary alicyclic amines) is 1. The van der Waals surface area contributed by atoms with Gasteiger partial charge in [0.25, 0.3) is 5.56 Å². The van der Waals surface area contributed by atoms with Crippen molar-refractivity contribution in [1.82, 2.24) is 19.4 Å². The van der Waals surface area contributed by atoms with Crippen LogP contribution in [0.5, 0.6) is 11.5 Å². The molecule has 7 heteroatoms. The first-order valence-electron chi connectivity index (χ1n) is 12.0. The Morgan fingerprint density at radius 2 is 1.71 bits per heavy atom. The van der Waals surface area contributed by atoms with Crippen molar-refractivity contribution in [3.63, 3.8) is 0 Å². The maximum Gasteiger partial charge on any atom is 0.259 e. The molecule has 180 valence electrons. The van der Waals surface area contributed by atoms with Crippen LogP contribution in [0.25, 0.3) is 21.9 Å². The normalized spacial score (nSPS) is 22.5. The zero-order valence-corrected chi connectivity index (χ0v) is 20.7. The summed E-state index contributed by atoms with van der Waals surface area (Å²) < 4.78 is 13.4. The number of aromatic nitrogens is 2. The van der Waals surface area contributed by atoms with E-state index in [9.17, 15) is 4.79 Å². The van der Waals surface area contributed by atoms with Crippen LogP contribution in [0.2, 0.25) is 0 Å². The molecule has 1 aromatic carbocycles. The number of fused-ring (bicyclic) bond motifs is 2. The summed E-state index contributed by atoms with van der Waals surface area (Å²) in [5, 5.41) is 1.47. The lowest BCUT2D eigenvalue weighted by Crippen LogP contribution is -2.31. The zero-order valence-electron chi connectivity index (χ0n) is 20.7. The summed E-state index contributed by atoms with van der Waals surface area (Å²) >= 11 is 0. The van der Waals surface area contributed by atoms with E-state index in [0.717, 1.165) is 52.0 Å². The predicted octanol–water partition coefficient (Wildman–Crippen LogP) is 3.39. The number of hydrogen-bond acceptors (Lipinski definition) is 6. The van der Waals surface area contributed by atoms with Crippen LogP contribution in [0.4, 0.5) is 0 Å². The lowest BCUT2D eigenvalue weighted by molar-refractivity contribution is 0.212. The molecule has 5 rings (SSSR count). The number of nitrogens with zero attached hydrogens (tertiary/aromatic N) is 4. The van der Waals surface area contributed by atoms with Crippen molar-refractivity contribution in [1.29, 1.82) is 0 Å². The van der Waals surface area contributed by atoms with Gasteiger partial charge in [0.2, 0.25) is 0 Å². The van der Waals surface area contributed by atoms with E-state index >= 15 is 0 Å². The number of hydrogen-bond donors (Lipinski definition) is 0. The van der Waals surface area contributed by atoms with Crippen LogP contribution in [0.15, 0.2) is 41.6 Å². The summed E-state index contributed by atoms with van der Waals surface area (Å²) in [7, 11) is 9.64. The number of benzene rings is 1. The van der Waals surface area contributed by atoms with E-state index in [1.165, 1.54) is 25.9 Å². The van der Waals surface area contributed by atoms with Crippen molar-refractivity contribution in [2.24, 2.45) is 18.9 Å². The second-order valence-electron chi connectivity index (χ2n) is 10.0. The highest BCUT2D eigenvalue weighted by Gasteiger charge is 2.41. The molecule has 1 aliphatic carbocycles. The minimum absolute atomic E-state index is 0.0588. The molecule has 2 aromatic heterocycles. The molecule has 3 heterocycles. The molecule has 1 saturated carbocycles. The number of methoxy groups -OCH3 is 2. The Kier molecular flexibility index (Phi) is 6.08. The molecule has 0 N–H and O–H groups in total. The smallest absolute Gasteiger partial charge is 0.259 e. The van der Waals surface area contributed by atoms with Gasteiger partial charge in [-0.05, 0) is 67.9 Å². The summed E-state index contributed by atoms with van der Waals surface area (Å²) in [5.74, 6) is 3.23. The molecule has 34 heavy (non-hydrogen) atoms. The Morgan fingerprint density at radius 1 is 1.06 bits per heavy atom. The van der Waals surface area contributed by atoms with Crippen molar-refractivity contribution in [3.8, 4) is 22.6 Å². The number of pyridine rings is 2. The summed E-state index contributed by atoms with van der Waals surface area (Å²) in [4.78, 5) is 21.7. The first-order valence-corrected chi connectivity index (χ1v) is 12.0. The molecule has 0 amide bonds. The predicted molar refractivity (Wildman–Crippen MR) is 134 cm³/mol. The molecular weight excluding hydrogens is 428 g/mol. The van der Waals surface area contributed by atoms with Gasteiger partial charge in [-0.25, -0.2) is 0 Å². The van der Waals surface area contributed by atoms with Gasteiger partial charge in [-0.1, -0.05) is 0 Å². The second-order valence-corrected chi connectivity index (χ2v) is 10.0. The van der Waals surface area contributed by atoms with E-state index in [1.807, 2.05) is 12.3 Å². The monoisotopic (exact) mass is 462 g/mol. The molecule has 7 nitrogen and oxygen atoms in total. The molecular formula is C27H34N4O3. The highest BCUT2D eigenvalue weighted by atomic mass is 16.5. The number of ether oxygens (including phenoxy) is 2. The number of aryl methyl sites for hydroxylation is 1. The van der Waals surface area contributed by atoms with Crippen molar-refractivity contribution >= 4 is 10.8 Å². The lowest BCUT2D eigenvalue weighted by atomic mass is 9.98. The van der Waals surface area contributed by atoms with Gasteiger partial charge < -0.3 is 18.9 Å². The largest absolute Gasteiger partial charge is 0.496 e. The molecule has 0 radical (unpaired) electrons. The Bertz CT molecular complexity index is 1230.